The number of urea groups is 1. The number of carbonyl (C=O) groups excluding carboxylic acids is 1. The van der Waals surface area contributed by atoms with Gasteiger partial charge in [0.25, 0.3) is 0 Å². The normalized spacial score (nSPS) is 11.9. The second kappa shape index (κ2) is 6.81. The predicted molar refractivity (Wildman–Crippen MR) is 59.8 cm³/mol. The summed E-state index contributed by atoms with van der Waals surface area (Å²) in [4.78, 5) is 11.2. The summed E-state index contributed by atoms with van der Waals surface area (Å²) < 4.78 is 0. The fraction of sp³-hybridized carbons (Fsp3) is 0.364. The molecule has 0 spiro atoms. The largest absolute Gasteiger partial charge is 0.394 e. The zero-order valence-electron chi connectivity index (χ0n) is 8.89. The van der Waals surface area contributed by atoms with Crippen molar-refractivity contribution in [1.82, 2.24) is 10.6 Å². The van der Waals surface area contributed by atoms with E-state index in [1.54, 1.807) is 0 Å². The van der Waals surface area contributed by atoms with Crippen LogP contribution in [0.1, 0.15) is 5.56 Å². The minimum absolute atomic E-state index is 0.0388. The van der Waals surface area contributed by atoms with E-state index in [1.807, 2.05) is 30.3 Å². The van der Waals surface area contributed by atoms with Gasteiger partial charge in [-0.15, -0.1) is 0 Å². The quantitative estimate of drug-likeness (QED) is 0.561. The Morgan fingerprint density at radius 3 is 2.56 bits per heavy atom. The minimum Gasteiger partial charge on any atom is -0.394 e. The predicted octanol–water partition coefficient (Wildman–Crippen LogP) is -0.161. The molecule has 0 saturated heterocycles. The van der Waals surface area contributed by atoms with E-state index in [2.05, 4.69) is 10.6 Å². The molecule has 0 bridgehead atoms. The van der Waals surface area contributed by atoms with E-state index in [-0.39, 0.29) is 19.2 Å². The second-order valence-corrected chi connectivity index (χ2v) is 3.39. The van der Waals surface area contributed by atoms with E-state index in [9.17, 15) is 4.79 Å². The van der Waals surface area contributed by atoms with Gasteiger partial charge in [0.05, 0.1) is 12.7 Å². The van der Waals surface area contributed by atoms with Crippen molar-refractivity contribution in [3.05, 3.63) is 35.9 Å². The number of rotatable bonds is 5. The molecule has 1 unspecified atom stereocenters. The number of carbonyl (C=O) groups is 1. The Hall–Kier alpha value is -1.59. The third kappa shape index (κ3) is 4.77. The lowest BCUT2D eigenvalue weighted by Gasteiger charge is -2.10. The van der Waals surface area contributed by atoms with Crippen LogP contribution in [-0.2, 0) is 6.54 Å². The number of aliphatic hydroxyl groups excluding tert-OH is 2. The van der Waals surface area contributed by atoms with Crippen LogP contribution < -0.4 is 10.6 Å². The fourth-order valence-electron chi connectivity index (χ4n) is 1.12. The van der Waals surface area contributed by atoms with E-state index in [1.165, 1.54) is 0 Å². The van der Waals surface area contributed by atoms with E-state index in [0.29, 0.717) is 6.54 Å². The van der Waals surface area contributed by atoms with Crippen molar-refractivity contribution in [2.24, 2.45) is 0 Å². The molecule has 0 aliphatic heterocycles. The Labute approximate surface area is 94.1 Å². The van der Waals surface area contributed by atoms with Crippen LogP contribution in [0.25, 0.3) is 0 Å². The monoisotopic (exact) mass is 224 g/mol. The smallest absolute Gasteiger partial charge is 0.315 e. The first-order chi connectivity index (χ1) is 7.72. The van der Waals surface area contributed by atoms with Crippen LogP contribution in [0.3, 0.4) is 0 Å². The van der Waals surface area contributed by atoms with Crippen LogP contribution in [0, 0.1) is 0 Å². The molecule has 5 nitrogen and oxygen atoms in total. The Bertz CT molecular complexity index is 316. The summed E-state index contributed by atoms with van der Waals surface area (Å²) in [5, 5.41) is 22.6. The number of benzene rings is 1. The zero-order valence-corrected chi connectivity index (χ0v) is 8.89. The Morgan fingerprint density at radius 1 is 1.25 bits per heavy atom. The van der Waals surface area contributed by atoms with Gasteiger partial charge in [0.2, 0.25) is 0 Å². The Balaban J connectivity index is 2.20. The van der Waals surface area contributed by atoms with Gasteiger partial charge in [-0.1, -0.05) is 30.3 Å². The molecule has 0 saturated carbocycles. The average molecular weight is 224 g/mol. The maximum atomic E-state index is 11.2. The molecule has 88 valence electrons. The van der Waals surface area contributed by atoms with Crippen molar-refractivity contribution in [3.63, 3.8) is 0 Å². The van der Waals surface area contributed by atoms with Gasteiger partial charge < -0.3 is 20.8 Å². The summed E-state index contributed by atoms with van der Waals surface area (Å²) in [5.41, 5.74) is 1.00. The lowest BCUT2D eigenvalue weighted by Crippen LogP contribution is -2.40. The van der Waals surface area contributed by atoms with Crippen LogP contribution >= 0.6 is 0 Å². The molecule has 1 atom stereocenters. The van der Waals surface area contributed by atoms with E-state index in [4.69, 9.17) is 10.2 Å². The maximum Gasteiger partial charge on any atom is 0.315 e. The highest BCUT2D eigenvalue weighted by Crippen LogP contribution is 1.96. The van der Waals surface area contributed by atoms with Gasteiger partial charge in [-0.25, -0.2) is 4.79 Å². The molecule has 16 heavy (non-hydrogen) atoms. The minimum atomic E-state index is -0.914. The van der Waals surface area contributed by atoms with Crippen molar-refractivity contribution >= 4 is 6.03 Å². The molecule has 0 aliphatic rings. The topological polar surface area (TPSA) is 81.6 Å². The highest BCUT2D eigenvalue weighted by Gasteiger charge is 2.04. The van der Waals surface area contributed by atoms with Gasteiger partial charge in [0.15, 0.2) is 0 Å². The van der Waals surface area contributed by atoms with Gasteiger partial charge in [0, 0.05) is 13.1 Å². The first-order valence-electron chi connectivity index (χ1n) is 5.07. The summed E-state index contributed by atoms with van der Waals surface area (Å²) in [6, 6.07) is 9.14. The van der Waals surface area contributed by atoms with E-state index >= 15 is 0 Å². The van der Waals surface area contributed by atoms with Crippen LogP contribution in [0.5, 0.6) is 0 Å². The lowest BCUT2D eigenvalue weighted by molar-refractivity contribution is 0.0959. The van der Waals surface area contributed by atoms with Gasteiger partial charge in [0.1, 0.15) is 0 Å². The molecule has 0 fully saturated rings. The standard InChI is InChI=1S/C11H16N2O3/c14-8-10(15)7-13-11(16)12-6-9-4-2-1-3-5-9/h1-5,10,14-15H,6-8H2,(H2,12,13,16). The first-order valence-corrected chi connectivity index (χ1v) is 5.07. The van der Waals surface area contributed by atoms with Crippen LogP contribution in [0.2, 0.25) is 0 Å². The summed E-state index contributed by atoms with van der Waals surface area (Å²) in [5.74, 6) is 0. The molecule has 4 N–H and O–H groups in total. The molecule has 0 heterocycles. The molecule has 5 heteroatoms. The maximum absolute atomic E-state index is 11.2. The van der Waals surface area contributed by atoms with Crippen LogP contribution in [-0.4, -0.2) is 35.5 Å². The van der Waals surface area contributed by atoms with Crippen molar-refractivity contribution in [1.29, 1.82) is 0 Å². The molecule has 2 amide bonds. The number of amides is 2. The molecule has 1 aromatic rings. The van der Waals surface area contributed by atoms with Gasteiger partial charge in [-0.3, -0.25) is 0 Å². The number of hydrogen-bond donors (Lipinski definition) is 4. The number of hydrogen-bond acceptors (Lipinski definition) is 3. The number of nitrogens with one attached hydrogen (secondary N) is 2. The van der Waals surface area contributed by atoms with Gasteiger partial charge >= 0.3 is 6.03 Å². The molecule has 1 rings (SSSR count). The van der Waals surface area contributed by atoms with Crippen molar-refractivity contribution in [3.8, 4) is 0 Å². The Morgan fingerprint density at radius 2 is 1.94 bits per heavy atom. The summed E-state index contributed by atoms with van der Waals surface area (Å²) >= 11 is 0. The molecule has 1 aromatic carbocycles. The summed E-state index contributed by atoms with van der Waals surface area (Å²) in [6.45, 7) is 0.109. The highest BCUT2D eigenvalue weighted by molar-refractivity contribution is 5.73. The third-order valence-corrected chi connectivity index (χ3v) is 2.00. The van der Waals surface area contributed by atoms with Crippen molar-refractivity contribution in [2.75, 3.05) is 13.2 Å². The third-order valence-electron chi connectivity index (χ3n) is 2.00. The average Bonchev–Trinajstić information content (AvgIpc) is 2.34. The van der Waals surface area contributed by atoms with Gasteiger partial charge in [-0.2, -0.15) is 0 Å². The zero-order chi connectivity index (χ0) is 11.8. The molecular formula is C11H16N2O3. The van der Waals surface area contributed by atoms with Crippen molar-refractivity contribution < 1.29 is 15.0 Å². The second-order valence-electron chi connectivity index (χ2n) is 3.39. The van der Waals surface area contributed by atoms with Gasteiger partial charge in [-0.05, 0) is 5.56 Å². The molecular weight excluding hydrogens is 208 g/mol. The summed E-state index contributed by atoms with van der Waals surface area (Å²) in [7, 11) is 0. The molecule has 0 radical (unpaired) electrons. The highest BCUT2D eigenvalue weighted by atomic mass is 16.3. The van der Waals surface area contributed by atoms with E-state index in [0.717, 1.165) is 5.56 Å². The van der Waals surface area contributed by atoms with Crippen LogP contribution in [0.4, 0.5) is 4.79 Å². The fourth-order valence-corrected chi connectivity index (χ4v) is 1.12. The first kappa shape index (κ1) is 12.5. The van der Waals surface area contributed by atoms with Crippen molar-refractivity contribution in [2.45, 2.75) is 12.6 Å². The van der Waals surface area contributed by atoms with Crippen LogP contribution in [0.15, 0.2) is 30.3 Å². The Kier molecular flexibility index (Phi) is 5.31. The molecule has 0 aromatic heterocycles. The lowest BCUT2D eigenvalue weighted by atomic mass is 10.2. The SMILES string of the molecule is O=C(NCc1ccccc1)NCC(O)CO. The van der Waals surface area contributed by atoms with E-state index < -0.39 is 6.10 Å². The number of aliphatic hydroxyl groups is 2. The molecule has 0 aliphatic carbocycles. The summed E-state index contributed by atoms with van der Waals surface area (Å²) in [6.07, 6.45) is -0.914.